The predicted molar refractivity (Wildman–Crippen MR) is 123 cm³/mol. The average molecular weight is 613 g/mol. The van der Waals surface area contributed by atoms with Crippen molar-refractivity contribution in [3.8, 4) is 17.3 Å². The Hall–Kier alpha value is -4.09. The van der Waals surface area contributed by atoms with Gasteiger partial charge in [-0.2, -0.15) is 35.1 Å². The fourth-order valence-corrected chi connectivity index (χ4v) is 4.25. The number of nitrogens with zero attached hydrogens (tertiary/aromatic N) is 4. The van der Waals surface area contributed by atoms with Gasteiger partial charge in [-0.3, -0.25) is 4.79 Å². The van der Waals surface area contributed by atoms with Crippen molar-refractivity contribution in [3.63, 3.8) is 0 Å². The molecule has 1 aliphatic rings. The van der Waals surface area contributed by atoms with Gasteiger partial charge in [0.1, 0.15) is 5.69 Å². The molecule has 42 heavy (non-hydrogen) atoms. The van der Waals surface area contributed by atoms with E-state index in [4.69, 9.17) is 10.2 Å². The molecule has 3 N–H and O–H groups in total. The van der Waals surface area contributed by atoms with E-state index in [0.717, 1.165) is 23.1 Å². The van der Waals surface area contributed by atoms with E-state index in [9.17, 15) is 49.4 Å². The Balaban J connectivity index is 1.82. The highest BCUT2D eigenvalue weighted by molar-refractivity contribution is 5.95. The van der Waals surface area contributed by atoms with Crippen LogP contribution in [0.4, 0.5) is 45.2 Å². The van der Waals surface area contributed by atoms with Gasteiger partial charge >= 0.3 is 19.0 Å². The lowest BCUT2D eigenvalue weighted by atomic mass is 9.95. The van der Waals surface area contributed by atoms with E-state index in [0.29, 0.717) is 6.07 Å². The number of amides is 1. The van der Waals surface area contributed by atoms with Crippen molar-refractivity contribution in [2.24, 2.45) is 0 Å². The molecule has 0 fully saturated rings. The number of benzene rings is 1. The van der Waals surface area contributed by atoms with Crippen LogP contribution in [0, 0.1) is 5.82 Å². The molecule has 1 amide bonds. The normalized spacial score (nSPS) is 18.7. The van der Waals surface area contributed by atoms with Gasteiger partial charge in [0.15, 0.2) is 17.3 Å². The number of alkyl halides is 8. The smallest absolute Gasteiger partial charge is 0.426 e. The zero-order valence-corrected chi connectivity index (χ0v) is 21.1. The minimum Gasteiger partial charge on any atom is -0.432 e. The third-order valence-corrected chi connectivity index (χ3v) is 6.35. The van der Waals surface area contributed by atoms with Gasteiger partial charge in [-0.15, -0.1) is 10.2 Å². The van der Waals surface area contributed by atoms with Crippen LogP contribution in [-0.4, -0.2) is 50.4 Å². The number of ether oxygens (including phenoxy) is 1. The number of pyridine rings is 1. The molecule has 228 valence electrons. The van der Waals surface area contributed by atoms with Crippen LogP contribution >= 0.6 is 0 Å². The first kappa shape index (κ1) is 30.9. The van der Waals surface area contributed by atoms with Crippen molar-refractivity contribution in [3.05, 3.63) is 52.8 Å². The summed E-state index contributed by atoms with van der Waals surface area (Å²) >= 11 is 0. The highest BCUT2D eigenvalue weighted by atomic mass is 19.4. The van der Waals surface area contributed by atoms with E-state index < -0.39 is 89.4 Å². The number of hydrogen-bond donors (Lipinski definition) is 2. The Bertz CT molecular complexity index is 1460. The molecule has 2 aromatic heterocycles. The Morgan fingerprint density at radius 3 is 2.40 bits per heavy atom. The molecule has 9 nitrogen and oxygen atoms in total. The quantitative estimate of drug-likeness (QED) is 0.373. The van der Waals surface area contributed by atoms with Crippen molar-refractivity contribution >= 4 is 11.6 Å². The summed E-state index contributed by atoms with van der Waals surface area (Å²) in [4.78, 5) is 18.0. The van der Waals surface area contributed by atoms with E-state index in [1.165, 1.54) is 0 Å². The van der Waals surface area contributed by atoms with E-state index in [1.54, 1.807) is 0 Å². The third-order valence-electron chi connectivity index (χ3n) is 6.35. The van der Waals surface area contributed by atoms with Gasteiger partial charge in [-0.25, -0.2) is 9.37 Å². The number of aliphatic hydroxyl groups is 1. The molecule has 1 aromatic carbocycles. The summed E-state index contributed by atoms with van der Waals surface area (Å²) in [5, 5.41) is 17.1. The zero-order chi connectivity index (χ0) is 31.0. The van der Waals surface area contributed by atoms with Crippen molar-refractivity contribution in [2.45, 2.75) is 56.8 Å². The largest absolute Gasteiger partial charge is 0.432 e. The standard InChI is InChI=1S/C24H20F9N5O4/c25-13-8-11(4-5-15(13)41-21(26)27)10-38-7-3-1-2-6-22(40,24(31,32)33)20-37-36-18(42-20)17-14(34)9-12(23(28,29)30)16(35-17)19(38)39/h4-5,8-9,21,40H,1-3,6-7,10,34H2/t22-/m1/s1. The number of anilines is 1. The SMILES string of the molecule is Nc1cc(C(F)(F)F)c2nc1-c1nnc(o1)[C@@](O)(C(F)(F)F)CCCCCN(Cc1ccc(OC(F)F)c(F)c1)C2=O. The van der Waals surface area contributed by atoms with Gasteiger partial charge in [-0.05, 0) is 43.0 Å². The van der Waals surface area contributed by atoms with E-state index in [-0.39, 0.29) is 31.4 Å². The Morgan fingerprint density at radius 2 is 1.79 bits per heavy atom. The minimum absolute atomic E-state index is 0.0409. The van der Waals surface area contributed by atoms with Gasteiger partial charge < -0.3 is 24.9 Å². The second-order valence-electron chi connectivity index (χ2n) is 9.27. The Kier molecular flexibility index (Phi) is 8.30. The van der Waals surface area contributed by atoms with Crippen LogP contribution in [0.5, 0.6) is 5.75 Å². The number of nitrogen functional groups attached to an aromatic ring is 1. The zero-order valence-electron chi connectivity index (χ0n) is 21.1. The maximum absolute atomic E-state index is 14.3. The van der Waals surface area contributed by atoms with Crippen molar-refractivity contribution in [2.75, 3.05) is 12.3 Å². The summed E-state index contributed by atoms with van der Waals surface area (Å²) in [5.41, 5.74) is -2.33. The number of fused-ring (bicyclic) bond motifs is 5. The minimum atomic E-state index is -5.29. The molecule has 3 aromatic rings. The monoisotopic (exact) mass is 613 g/mol. The first-order valence-corrected chi connectivity index (χ1v) is 12.0. The van der Waals surface area contributed by atoms with Crippen LogP contribution in [0.15, 0.2) is 28.7 Å². The summed E-state index contributed by atoms with van der Waals surface area (Å²) in [6, 6.07) is 2.97. The lowest BCUT2D eigenvalue weighted by molar-refractivity contribution is -0.277. The number of rotatable bonds is 4. The van der Waals surface area contributed by atoms with Crippen molar-refractivity contribution in [1.82, 2.24) is 20.1 Å². The van der Waals surface area contributed by atoms with Crippen LogP contribution < -0.4 is 10.5 Å². The molecule has 1 aliphatic heterocycles. The summed E-state index contributed by atoms with van der Waals surface area (Å²) < 4.78 is 132. The number of halogens is 9. The highest BCUT2D eigenvalue weighted by Crippen LogP contribution is 2.44. The predicted octanol–water partition coefficient (Wildman–Crippen LogP) is 5.44. The fraction of sp³-hybridized carbons (Fsp3) is 0.417. The molecule has 4 bridgehead atoms. The summed E-state index contributed by atoms with van der Waals surface area (Å²) in [6.45, 7) is -4.25. The molecule has 0 spiro atoms. The Morgan fingerprint density at radius 1 is 1.07 bits per heavy atom. The fourth-order valence-electron chi connectivity index (χ4n) is 4.25. The van der Waals surface area contributed by atoms with Gasteiger partial charge in [0, 0.05) is 13.1 Å². The summed E-state index contributed by atoms with van der Waals surface area (Å²) in [6.07, 6.45) is -11.9. The van der Waals surface area contributed by atoms with Crippen LogP contribution in [-0.2, 0) is 18.3 Å². The summed E-state index contributed by atoms with van der Waals surface area (Å²) in [7, 11) is 0. The Labute approximate surface area is 230 Å². The maximum Gasteiger partial charge on any atom is 0.426 e. The molecule has 18 heteroatoms. The van der Waals surface area contributed by atoms with Crippen LogP contribution in [0.1, 0.15) is 53.2 Å². The molecule has 4 rings (SSSR count). The van der Waals surface area contributed by atoms with Crippen molar-refractivity contribution in [1.29, 1.82) is 0 Å². The van der Waals surface area contributed by atoms with E-state index in [2.05, 4.69) is 19.9 Å². The number of hydrogen-bond acceptors (Lipinski definition) is 8. The van der Waals surface area contributed by atoms with E-state index in [1.807, 2.05) is 0 Å². The highest BCUT2D eigenvalue weighted by Gasteiger charge is 2.58. The second kappa shape index (κ2) is 11.3. The van der Waals surface area contributed by atoms with Gasteiger partial charge in [0.2, 0.25) is 5.60 Å². The number of carbonyl (C=O) groups excluding carboxylic acids is 1. The lowest BCUT2D eigenvalue weighted by Crippen LogP contribution is -2.42. The molecule has 3 heterocycles. The molecular formula is C24H20F9N5O4. The first-order chi connectivity index (χ1) is 19.5. The topological polar surface area (TPSA) is 128 Å². The van der Waals surface area contributed by atoms with Gasteiger partial charge in [0.05, 0.1) is 11.3 Å². The molecule has 0 saturated carbocycles. The van der Waals surface area contributed by atoms with Gasteiger partial charge in [-0.1, -0.05) is 12.5 Å². The lowest BCUT2D eigenvalue weighted by Gasteiger charge is -2.27. The van der Waals surface area contributed by atoms with Gasteiger partial charge in [0.25, 0.3) is 17.7 Å². The average Bonchev–Trinajstić information content (AvgIpc) is 3.37. The van der Waals surface area contributed by atoms with Crippen molar-refractivity contribution < 1.29 is 58.6 Å². The first-order valence-electron chi connectivity index (χ1n) is 12.0. The number of aromatic nitrogens is 3. The summed E-state index contributed by atoms with van der Waals surface area (Å²) in [5.74, 6) is -5.57. The third kappa shape index (κ3) is 6.22. The maximum atomic E-state index is 14.3. The second-order valence-corrected chi connectivity index (χ2v) is 9.27. The van der Waals surface area contributed by atoms with E-state index >= 15 is 0 Å². The number of nitrogens with two attached hydrogens (primary N) is 1. The van der Waals surface area contributed by atoms with Crippen LogP contribution in [0.3, 0.4) is 0 Å². The van der Waals surface area contributed by atoms with Crippen LogP contribution in [0.2, 0.25) is 0 Å². The molecule has 1 atom stereocenters. The molecule has 0 unspecified atom stereocenters. The van der Waals surface area contributed by atoms with Crippen LogP contribution in [0.25, 0.3) is 11.6 Å². The molecule has 0 saturated heterocycles. The molecular weight excluding hydrogens is 593 g/mol. The molecule has 0 aliphatic carbocycles. The number of carbonyl (C=O) groups is 1. The molecule has 0 radical (unpaired) electrons.